The first-order valence-corrected chi connectivity index (χ1v) is 5.04. The zero-order valence-corrected chi connectivity index (χ0v) is 9.30. The SMILES string of the molecule is CNC(=O)C(CCCCNN)NC(C)=O. The lowest BCUT2D eigenvalue weighted by molar-refractivity contribution is -0.127. The number of nitrogens with two attached hydrogens (primary N) is 1. The average molecular weight is 216 g/mol. The minimum atomic E-state index is -0.440. The zero-order chi connectivity index (χ0) is 11.7. The second-order valence-electron chi connectivity index (χ2n) is 3.32. The Morgan fingerprint density at radius 1 is 1.33 bits per heavy atom. The van der Waals surface area contributed by atoms with E-state index in [0.717, 1.165) is 12.8 Å². The monoisotopic (exact) mass is 216 g/mol. The van der Waals surface area contributed by atoms with Gasteiger partial charge in [-0.1, -0.05) is 0 Å². The quantitative estimate of drug-likeness (QED) is 0.246. The van der Waals surface area contributed by atoms with Crippen molar-refractivity contribution in [3.63, 3.8) is 0 Å². The molecule has 1 unspecified atom stereocenters. The lowest BCUT2D eigenvalue weighted by Gasteiger charge is -2.15. The van der Waals surface area contributed by atoms with Gasteiger partial charge in [0.25, 0.3) is 0 Å². The number of hydrogen-bond acceptors (Lipinski definition) is 4. The van der Waals surface area contributed by atoms with Gasteiger partial charge in [-0.3, -0.25) is 20.9 Å². The summed E-state index contributed by atoms with van der Waals surface area (Å²) < 4.78 is 0. The lowest BCUT2D eigenvalue weighted by atomic mass is 10.1. The molecule has 0 fully saturated rings. The van der Waals surface area contributed by atoms with Crippen molar-refractivity contribution >= 4 is 11.8 Å². The fourth-order valence-electron chi connectivity index (χ4n) is 1.26. The molecule has 6 heteroatoms. The van der Waals surface area contributed by atoms with Gasteiger partial charge in [0.1, 0.15) is 6.04 Å². The van der Waals surface area contributed by atoms with Crippen molar-refractivity contribution in [1.29, 1.82) is 0 Å². The Morgan fingerprint density at radius 2 is 2.00 bits per heavy atom. The van der Waals surface area contributed by atoms with Crippen molar-refractivity contribution in [1.82, 2.24) is 16.1 Å². The number of rotatable bonds is 7. The van der Waals surface area contributed by atoms with Crippen LogP contribution in [-0.2, 0) is 9.59 Å². The van der Waals surface area contributed by atoms with Crippen molar-refractivity contribution in [2.24, 2.45) is 5.84 Å². The third kappa shape index (κ3) is 6.87. The largest absolute Gasteiger partial charge is 0.357 e. The van der Waals surface area contributed by atoms with Gasteiger partial charge in [0.15, 0.2) is 0 Å². The third-order valence-electron chi connectivity index (χ3n) is 2.00. The van der Waals surface area contributed by atoms with Crippen molar-refractivity contribution in [3.05, 3.63) is 0 Å². The Labute approximate surface area is 89.9 Å². The van der Waals surface area contributed by atoms with Crippen LogP contribution in [0.1, 0.15) is 26.2 Å². The molecule has 1 atom stereocenters. The average Bonchev–Trinajstić information content (AvgIpc) is 2.21. The van der Waals surface area contributed by atoms with Crippen LogP contribution < -0.4 is 21.9 Å². The van der Waals surface area contributed by atoms with Crippen LogP contribution >= 0.6 is 0 Å². The van der Waals surface area contributed by atoms with Gasteiger partial charge in [-0.25, -0.2) is 0 Å². The summed E-state index contributed by atoms with van der Waals surface area (Å²) in [6.45, 7) is 2.11. The Hall–Kier alpha value is -1.14. The minimum Gasteiger partial charge on any atom is -0.357 e. The number of likely N-dealkylation sites (N-methyl/N-ethyl adjacent to an activating group) is 1. The molecule has 88 valence electrons. The molecule has 0 aromatic carbocycles. The second-order valence-corrected chi connectivity index (χ2v) is 3.32. The molecule has 6 nitrogen and oxygen atoms in total. The van der Waals surface area contributed by atoms with Crippen molar-refractivity contribution in [2.75, 3.05) is 13.6 Å². The molecular weight excluding hydrogens is 196 g/mol. The molecule has 0 aromatic rings. The van der Waals surface area contributed by atoms with Gasteiger partial charge in [-0.2, -0.15) is 0 Å². The van der Waals surface area contributed by atoms with E-state index in [-0.39, 0.29) is 11.8 Å². The number of hydrogen-bond donors (Lipinski definition) is 4. The van der Waals surface area contributed by atoms with Gasteiger partial charge in [-0.15, -0.1) is 0 Å². The van der Waals surface area contributed by atoms with Crippen molar-refractivity contribution < 1.29 is 9.59 Å². The lowest BCUT2D eigenvalue weighted by Crippen LogP contribution is -2.44. The molecule has 0 aliphatic heterocycles. The van der Waals surface area contributed by atoms with E-state index in [9.17, 15) is 9.59 Å². The minimum absolute atomic E-state index is 0.161. The van der Waals surface area contributed by atoms with E-state index in [1.165, 1.54) is 6.92 Å². The highest BCUT2D eigenvalue weighted by Crippen LogP contribution is 2.00. The van der Waals surface area contributed by atoms with Crippen LogP contribution in [0.4, 0.5) is 0 Å². The van der Waals surface area contributed by atoms with Crippen LogP contribution in [-0.4, -0.2) is 31.4 Å². The summed E-state index contributed by atoms with van der Waals surface area (Å²) in [5.74, 6) is 4.76. The zero-order valence-electron chi connectivity index (χ0n) is 9.30. The first-order chi connectivity index (χ1) is 7.11. The summed E-state index contributed by atoms with van der Waals surface area (Å²) in [6.07, 6.45) is 2.34. The van der Waals surface area contributed by atoms with Gasteiger partial charge >= 0.3 is 0 Å². The summed E-state index contributed by atoms with van der Waals surface area (Å²) in [6, 6.07) is -0.440. The molecule has 5 N–H and O–H groups in total. The molecule has 0 bridgehead atoms. The molecule has 0 spiro atoms. The van der Waals surface area contributed by atoms with E-state index in [2.05, 4.69) is 16.1 Å². The molecule has 0 saturated heterocycles. The summed E-state index contributed by atoms with van der Waals surface area (Å²) in [5, 5.41) is 5.12. The van der Waals surface area contributed by atoms with Crippen LogP contribution in [0.2, 0.25) is 0 Å². The van der Waals surface area contributed by atoms with Crippen LogP contribution in [0.3, 0.4) is 0 Å². The fraction of sp³-hybridized carbons (Fsp3) is 0.778. The van der Waals surface area contributed by atoms with E-state index in [1.54, 1.807) is 7.05 Å². The number of unbranched alkanes of at least 4 members (excludes halogenated alkanes) is 1. The maximum Gasteiger partial charge on any atom is 0.242 e. The normalized spacial score (nSPS) is 11.9. The summed E-state index contributed by atoms with van der Waals surface area (Å²) in [4.78, 5) is 22.2. The smallest absolute Gasteiger partial charge is 0.242 e. The molecule has 0 aromatic heterocycles. The molecule has 0 saturated carbocycles. The highest BCUT2D eigenvalue weighted by Gasteiger charge is 2.16. The predicted molar refractivity (Wildman–Crippen MR) is 57.7 cm³/mol. The van der Waals surface area contributed by atoms with Crippen LogP contribution in [0.5, 0.6) is 0 Å². The number of carbonyl (C=O) groups excluding carboxylic acids is 2. The summed E-state index contributed by atoms with van der Waals surface area (Å²) in [5.41, 5.74) is 2.54. The van der Waals surface area contributed by atoms with Crippen LogP contribution in [0.15, 0.2) is 0 Å². The fourth-order valence-corrected chi connectivity index (χ4v) is 1.26. The predicted octanol–water partition coefficient (Wildman–Crippen LogP) is -1.13. The Balaban J connectivity index is 3.90. The van der Waals surface area contributed by atoms with E-state index >= 15 is 0 Å². The molecule has 0 aliphatic rings. The number of hydrazine groups is 1. The van der Waals surface area contributed by atoms with E-state index in [1.807, 2.05) is 0 Å². The van der Waals surface area contributed by atoms with Crippen molar-refractivity contribution in [2.45, 2.75) is 32.2 Å². The standard InChI is InChI=1S/C9H20N4O2/c1-7(14)13-8(9(15)11-2)5-3-4-6-12-10/h8,12H,3-6,10H2,1-2H3,(H,11,15)(H,13,14). The van der Waals surface area contributed by atoms with E-state index in [0.29, 0.717) is 13.0 Å². The first-order valence-electron chi connectivity index (χ1n) is 5.04. The maximum atomic E-state index is 11.3. The summed E-state index contributed by atoms with van der Waals surface area (Å²) in [7, 11) is 1.55. The second kappa shape index (κ2) is 8.19. The van der Waals surface area contributed by atoms with Crippen LogP contribution in [0.25, 0.3) is 0 Å². The highest BCUT2D eigenvalue weighted by molar-refractivity contribution is 5.86. The molecule has 2 amide bonds. The molecular formula is C9H20N4O2. The molecule has 0 rings (SSSR count). The van der Waals surface area contributed by atoms with Gasteiger partial charge in [0, 0.05) is 20.5 Å². The van der Waals surface area contributed by atoms with E-state index < -0.39 is 6.04 Å². The maximum absolute atomic E-state index is 11.3. The Bertz CT molecular complexity index is 208. The first kappa shape index (κ1) is 13.9. The Kier molecular flexibility index (Phi) is 7.57. The van der Waals surface area contributed by atoms with Crippen LogP contribution in [0, 0.1) is 0 Å². The van der Waals surface area contributed by atoms with Crippen molar-refractivity contribution in [3.8, 4) is 0 Å². The highest BCUT2D eigenvalue weighted by atomic mass is 16.2. The number of amides is 2. The third-order valence-corrected chi connectivity index (χ3v) is 2.00. The van der Waals surface area contributed by atoms with Gasteiger partial charge in [-0.05, 0) is 19.3 Å². The molecule has 0 heterocycles. The molecule has 0 radical (unpaired) electrons. The Morgan fingerprint density at radius 3 is 2.47 bits per heavy atom. The topological polar surface area (TPSA) is 96.2 Å². The van der Waals surface area contributed by atoms with Gasteiger partial charge < -0.3 is 10.6 Å². The van der Waals surface area contributed by atoms with Gasteiger partial charge in [0.05, 0.1) is 0 Å². The molecule has 0 aliphatic carbocycles. The molecule has 15 heavy (non-hydrogen) atoms. The van der Waals surface area contributed by atoms with Gasteiger partial charge in [0.2, 0.25) is 11.8 Å². The number of carbonyl (C=O) groups is 2. The number of nitrogens with one attached hydrogen (secondary N) is 3. The van der Waals surface area contributed by atoms with E-state index in [4.69, 9.17) is 5.84 Å². The summed E-state index contributed by atoms with van der Waals surface area (Å²) >= 11 is 0.